The third-order valence-corrected chi connectivity index (χ3v) is 9.63. The van der Waals surface area contributed by atoms with Crippen LogP contribution in [-0.4, -0.2) is 58.4 Å². The number of anilines is 1. The number of hydrogen-bond acceptors (Lipinski definition) is 8. The van der Waals surface area contributed by atoms with Crippen LogP contribution in [0.4, 0.5) is 19.1 Å². The Hall–Kier alpha value is -2.78. The highest BCUT2D eigenvalue weighted by Gasteiger charge is 2.40. The fourth-order valence-corrected chi connectivity index (χ4v) is 7.35. The number of sulfonamides is 1. The van der Waals surface area contributed by atoms with E-state index in [1.807, 2.05) is 0 Å². The number of alkyl halides is 3. The lowest BCUT2D eigenvalue weighted by Crippen LogP contribution is -2.45. The molecule has 0 bridgehead atoms. The molecule has 4 rings (SSSR count). The summed E-state index contributed by atoms with van der Waals surface area (Å²) >= 11 is 6.82. The summed E-state index contributed by atoms with van der Waals surface area (Å²) in [6.07, 6.45) is -3.65. The molecule has 3 aromatic rings. The summed E-state index contributed by atoms with van der Waals surface area (Å²) in [5.41, 5.74) is -0.900. The van der Waals surface area contributed by atoms with Gasteiger partial charge in [-0.2, -0.15) is 17.5 Å². The van der Waals surface area contributed by atoms with Gasteiger partial charge >= 0.3 is 6.18 Å². The molecule has 1 saturated heterocycles. The molecule has 1 aromatic carbocycles. The Morgan fingerprint density at radius 1 is 1.18 bits per heavy atom. The third-order valence-electron chi connectivity index (χ3n) is 6.03. The Bertz CT molecular complexity index is 1470. The van der Waals surface area contributed by atoms with Crippen molar-refractivity contribution in [2.45, 2.75) is 55.3 Å². The van der Waals surface area contributed by atoms with Crippen molar-refractivity contribution in [1.82, 2.24) is 19.6 Å². The van der Waals surface area contributed by atoms with E-state index in [1.54, 1.807) is 13.8 Å². The van der Waals surface area contributed by atoms with Crippen molar-refractivity contribution in [3.8, 4) is 11.3 Å². The van der Waals surface area contributed by atoms with Crippen LogP contribution in [0.15, 0.2) is 46.7 Å². The zero-order chi connectivity index (χ0) is 29.3. The molecule has 1 aliphatic heterocycles. The van der Waals surface area contributed by atoms with E-state index in [0.717, 1.165) is 27.8 Å². The number of rotatable bonds is 9. The second kappa shape index (κ2) is 11.6. The number of benzene rings is 1. The maximum absolute atomic E-state index is 13.1. The Labute approximate surface area is 238 Å². The third kappa shape index (κ3) is 7.29. The Kier molecular flexibility index (Phi) is 8.76. The van der Waals surface area contributed by atoms with Crippen molar-refractivity contribution in [3.05, 3.63) is 58.1 Å². The predicted molar refractivity (Wildman–Crippen MR) is 145 cm³/mol. The summed E-state index contributed by atoms with van der Waals surface area (Å²) < 4.78 is 66.8. The SMILES string of the molecule is CC(C)(O)CNc1nc(CNC(=O)[C@H]2CCCN2S(=O)(=O)c2ccc(Cl)s2)cc(-c2ccc(C(F)(F)F)cc2)n1. The molecular weight excluding hydrogens is 591 g/mol. The minimum absolute atomic E-state index is 0.0525. The van der Waals surface area contributed by atoms with E-state index in [-0.39, 0.29) is 29.8 Å². The van der Waals surface area contributed by atoms with Crippen LogP contribution in [0.25, 0.3) is 11.3 Å². The normalized spacial score (nSPS) is 16.7. The molecule has 2 aromatic heterocycles. The number of aromatic nitrogens is 2. The van der Waals surface area contributed by atoms with Crippen molar-refractivity contribution >= 4 is 44.8 Å². The smallest absolute Gasteiger partial charge is 0.389 e. The molecule has 0 aliphatic carbocycles. The van der Waals surface area contributed by atoms with Crippen molar-refractivity contribution in [1.29, 1.82) is 0 Å². The fourth-order valence-electron chi connectivity index (χ4n) is 4.08. The highest BCUT2D eigenvalue weighted by atomic mass is 35.5. The van der Waals surface area contributed by atoms with Gasteiger partial charge in [0.2, 0.25) is 11.9 Å². The van der Waals surface area contributed by atoms with Gasteiger partial charge in [-0.15, -0.1) is 11.3 Å². The first-order valence-electron chi connectivity index (χ1n) is 12.2. The summed E-state index contributed by atoms with van der Waals surface area (Å²) in [5.74, 6) is -0.409. The van der Waals surface area contributed by atoms with Crippen LogP contribution in [0, 0.1) is 0 Å². The monoisotopic (exact) mass is 617 g/mol. The van der Waals surface area contributed by atoms with Crippen LogP contribution in [0.2, 0.25) is 4.34 Å². The molecule has 1 amide bonds. The standard InChI is InChI=1S/C25H27ClF3N5O4S2/c1-24(2,36)14-31-23-32-17(12-18(33-23)15-5-7-16(8-6-15)25(27,28)29)13-30-22(35)19-4-3-11-34(19)40(37,38)21-10-9-20(26)39-21/h5-10,12,19,36H,3-4,11,13-14H2,1-2H3,(H,30,35)(H,31,32,33)/t19-/m1/s1. The molecule has 3 N–H and O–H groups in total. The van der Waals surface area contributed by atoms with E-state index in [9.17, 15) is 31.5 Å². The Balaban J connectivity index is 1.54. The van der Waals surface area contributed by atoms with Gasteiger partial charge in [0.15, 0.2) is 0 Å². The van der Waals surface area contributed by atoms with Gasteiger partial charge in [-0.3, -0.25) is 4.79 Å². The molecule has 1 atom stereocenters. The van der Waals surface area contributed by atoms with E-state index in [0.29, 0.717) is 34.1 Å². The average Bonchev–Trinajstić information content (AvgIpc) is 3.55. The first-order chi connectivity index (χ1) is 18.6. The fraction of sp³-hybridized carbons (Fsp3) is 0.400. The van der Waals surface area contributed by atoms with Crippen molar-refractivity contribution < 1.29 is 31.5 Å². The lowest BCUT2D eigenvalue weighted by atomic mass is 10.1. The van der Waals surface area contributed by atoms with Crippen LogP contribution in [0.5, 0.6) is 0 Å². The number of nitrogens with one attached hydrogen (secondary N) is 2. The van der Waals surface area contributed by atoms with Crippen molar-refractivity contribution in [2.24, 2.45) is 0 Å². The summed E-state index contributed by atoms with van der Waals surface area (Å²) in [6.45, 7) is 3.32. The molecular formula is C25H27ClF3N5O4S2. The Morgan fingerprint density at radius 3 is 2.48 bits per heavy atom. The number of carbonyl (C=O) groups is 1. The molecule has 1 fully saturated rings. The van der Waals surface area contributed by atoms with Crippen molar-refractivity contribution in [3.63, 3.8) is 0 Å². The highest BCUT2D eigenvalue weighted by molar-refractivity contribution is 7.91. The van der Waals surface area contributed by atoms with Crippen LogP contribution in [-0.2, 0) is 27.5 Å². The van der Waals surface area contributed by atoms with E-state index < -0.39 is 39.3 Å². The molecule has 0 radical (unpaired) electrons. The number of hydrogen-bond donors (Lipinski definition) is 3. The van der Waals surface area contributed by atoms with E-state index in [2.05, 4.69) is 20.6 Å². The second-order valence-corrected chi connectivity index (χ2v) is 13.7. The zero-order valence-electron chi connectivity index (χ0n) is 21.5. The van der Waals surface area contributed by atoms with Gasteiger partial charge in [0, 0.05) is 18.7 Å². The molecule has 0 spiro atoms. The van der Waals surface area contributed by atoms with E-state index in [4.69, 9.17) is 11.6 Å². The lowest BCUT2D eigenvalue weighted by molar-refractivity contribution is -0.137. The number of halogens is 4. The molecule has 0 unspecified atom stereocenters. The average molecular weight is 618 g/mol. The van der Waals surface area contributed by atoms with Gasteiger partial charge in [-0.1, -0.05) is 23.7 Å². The van der Waals surface area contributed by atoms with Crippen LogP contribution >= 0.6 is 22.9 Å². The second-order valence-electron chi connectivity index (χ2n) is 9.86. The van der Waals surface area contributed by atoms with Gasteiger partial charge in [0.25, 0.3) is 10.0 Å². The van der Waals surface area contributed by atoms with Crippen LogP contribution in [0.1, 0.15) is 37.9 Å². The summed E-state index contributed by atoms with van der Waals surface area (Å²) in [5, 5.41) is 15.7. The Morgan fingerprint density at radius 2 is 1.88 bits per heavy atom. The van der Waals surface area contributed by atoms with Gasteiger partial charge < -0.3 is 15.7 Å². The minimum atomic E-state index is -4.49. The van der Waals surface area contributed by atoms with E-state index >= 15 is 0 Å². The molecule has 15 heteroatoms. The number of carbonyl (C=O) groups excluding carboxylic acids is 1. The maximum Gasteiger partial charge on any atom is 0.416 e. The molecule has 1 aliphatic rings. The van der Waals surface area contributed by atoms with Gasteiger partial charge in [0.1, 0.15) is 10.3 Å². The van der Waals surface area contributed by atoms with Gasteiger partial charge in [-0.05, 0) is 57.0 Å². The molecule has 9 nitrogen and oxygen atoms in total. The number of nitrogens with zero attached hydrogens (tertiary/aromatic N) is 3. The quantitative estimate of drug-likeness (QED) is 0.322. The molecule has 3 heterocycles. The van der Waals surface area contributed by atoms with Crippen molar-refractivity contribution in [2.75, 3.05) is 18.4 Å². The summed E-state index contributed by atoms with van der Waals surface area (Å²) in [7, 11) is -3.91. The lowest BCUT2D eigenvalue weighted by Gasteiger charge is -2.22. The van der Waals surface area contributed by atoms with Gasteiger partial charge in [-0.25, -0.2) is 18.4 Å². The molecule has 216 valence electrons. The molecule has 0 saturated carbocycles. The topological polar surface area (TPSA) is 125 Å². The number of thiophene rings is 1. The van der Waals surface area contributed by atoms with Gasteiger partial charge in [0.05, 0.1) is 33.4 Å². The minimum Gasteiger partial charge on any atom is -0.389 e. The molecule has 40 heavy (non-hydrogen) atoms. The zero-order valence-corrected chi connectivity index (χ0v) is 23.9. The first kappa shape index (κ1) is 30.2. The van der Waals surface area contributed by atoms with Crippen LogP contribution < -0.4 is 10.6 Å². The summed E-state index contributed by atoms with van der Waals surface area (Å²) in [6, 6.07) is 7.94. The largest absolute Gasteiger partial charge is 0.416 e. The van der Waals surface area contributed by atoms with Crippen LogP contribution in [0.3, 0.4) is 0 Å². The maximum atomic E-state index is 13.1. The predicted octanol–water partition coefficient (Wildman–Crippen LogP) is 4.53. The number of amides is 1. The van der Waals surface area contributed by atoms with E-state index in [1.165, 1.54) is 30.3 Å². The number of aliphatic hydroxyl groups is 1. The first-order valence-corrected chi connectivity index (χ1v) is 14.8. The summed E-state index contributed by atoms with van der Waals surface area (Å²) in [4.78, 5) is 21.8. The highest BCUT2D eigenvalue weighted by Crippen LogP contribution is 2.33.